The van der Waals surface area contributed by atoms with Crippen LogP contribution in [0.1, 0.15) is 6.92 Å². The maximum atomic E-state index is 3.49. The van der Waals surface area contributed by atoms with Crippen molar-refractivity contribution < 1.29 is 17.1 Å². The van der Waals surface area contributed by atoms with Gasteiger partial charge in [0, 0.05) is 25.0 Å². The van der Waals surface area contributed by atoms with Gasteiger partial charge in [-0.1, -0.05) is 102 Å². The number of benzene rings is 3. The van der Waals surface area contributed by atoms with Gasteiger partial charge in [0.2, 0.25) is 0 Å². The van der Waals surface area contributed by atoms with Crippen molar-refractivity contribution in [2.45, 2.75) is 13.0 Å². The van der Waals surface area contributed by atoms with Crippen LogP contribution >= 0.6 is 16.0 Å². The van der Waals surface area contributed by atoms with E-state index in [-0.39, 0.29) is 23.1 Å². The zero-order valence-corrected chi connectivity index (χ0v) is 25.7. The third-order valence-corrected chi connectivity index (χ3v) is 11.5. The van der Waals surface area contributed by atoms with Crippen LogP contribution in [0.15, 0.2) is 160 Å². The average molecular weight is 603 g/mol. The molecule has 0 saturated heterocycles. The second-order valence-corrected chi connectivity index (χ2v) is 13.4. The van der Waals surface area contributed by atoms with Gasteiger partial charge in [-0.05, 0) is 43.5 Å². The fourth-order valence-corrected chi connectivity index (χ4v) is 9.30. The first-order valence-corrected chi connectivity index (χ1v) is 15.7. The number of nitrogens with zero attached hydrogens (tertiary/aromatic N) is 1. The van der Waals surface area contributed by atoms with Crippen LogP contribution in [-0.4, -0.2) is 17.8 Å². The summed E-state index contributed by atoms with van der Waals surface area (Å²) in [4.78, 5) is 0. The maximum absolute atomic E-state index is 3.49. The molecule has 4 heteroatoms. The van der Waals surface area contributed by atoms with Gasteiger partial charge >= 0.3 is 17.1 Å². The van der Waals surface area contributed by atoms with Gasteiger partial charge in [-0.15, -0.1) is 23.9 Å². The molecule has 2 radical (unpaired) electrons. The Kier molecular flexibility index (Phi) is 11.5. The van der Waals surface area contributed by atoms with Crippen LogP contribution in [0, 0.1) is 25.0 Å². The Balaban J connectivity index is 0.000000584. The summed E-state index contributed by atoms with van der Waals surface area (Å²) in [5, 5.41) is 6.55. The van der Waals surface area contributed by atoms with Crippen molar-refractivity contribution in [1.82, 2.24) is 4.67 Å². The van der Waals surface area contributed by atoms with Gasteiger partial charge in [0.05, 0.1) is 0 Å². The van der Waals surface area contributed by atoms with E-state index in [1.807, 2.05) is 0 Å². The zero-order chi connectivity index (χ0) is 27.6. The molecular weight excluding hydrogens is 576 g/mol. The number of hydrogen-bond acceptors (Lipinski definition) is 1. The Bertz CT molecular complexity index is 1630. The molecule has 3 aliphatic rings. The third-order valence-electron chi connectivity index (χ3n) is 6.49. The molecule has 6 rings (SSSR count). The van der Waals surface area contributed by atoms with Crippen molar-refractivity contribution in [3.8, 4) is 0 Å². The van der Waals surface area contributed by atoms with Gasteiger partial charge in [0.15, 0.2) is 0 Å². The third kappa shape index (κ3) is 7.63. The standard InChI is InChI=1S/C32H27NP2.C5.Fe/c1-26(33(2)35(29-20-11-5-12-21-29)30-22-13-6-14-23-30)31-24-15-25-32(31)34(27-16-7-3-8-17-27)28-18-9-4-10-19-28;1-2-4-5-3-1;/h3-14,16-23,26H,1-2H3;;/q2*-1;+2/t26-;;/m1../s1. The van der Waals surface area contributed by atoms with Crippen LogP contribution in [0.5, 0.6) is 0 Å². The number of allylic oxidation sites excluding steroid dienone is 6. The van der Waals surface area contributed by atoms with Gasteiger partial charge in [-0.25, -0.2) is 5.73 Å². The summed E-state index contributed by atoms with van der Waals surface area (Å²) >= 11 is 0. The topological polar surface area (TPSA) is 3.24 Å². The monoisotopic (exact) mass is 603 g/mol. The largest absolute Gasteiger partial charge is 2.00 e. The molecule has 3 aromatic carbocycles. The molecule has 41 heavy (non-hydrogen) atoms. The Hall–Kier alpha value is -3.49. The first kappa shape index (κ1) is 30.5. The molecule has 3 aliphatic carbocycles. The van der Waals surface area contributed by atoms with E-state index in [0.29, 0.717) is 0 Å². The van der Waals surface area contributed by atoms with Gasteiger partial charge in [-0.3, -0.25) is 16.1 Å². The summed E-state index contributed by atoms with van der Waals surface area (Å²) in [6.07, 6.45) is 15.8. The molecule has 198 valence electrons. The molecule has 0 N–H and O–H groups in total. The van der Waals surface area contributed by atoms with E-state index in [0.717, 1.165) is 0 Å². The van der Waals surface area contributed by atoms with E-state index in [1.165, 1.54) is 32.1 Å². The Morgan fingerprint density at radius 1 is 0.780 bits per heavy atom. The molecule has 0 aromatic heterocycles. The summed E-state index contributed by atoms with van der Waals surface area (Å²) in [7, 11) is 0.788. The minimum atomic E-state index is -0.752. The van der Waals surface area contributed by atoms with Crippen LogP contribution in [-0.2, 0) is 17.1 Å². The molecule has 0 saturated carbocycles. The summed E-state index contributed by atoms with van der Waals surface area (Å²) in [5.41, 5.74) is 18.9. The normalized spacial score (nSPS) is 15.1. The van der Waals surface area contributed by atoms with E-state index >= 15 is 0 Å². The average Bonchev–Trinajstić information content (AvgIpc) is 3.76. The van der Waals surface area contributed by atoms with Crippen molar-refractivity contribution >= 4 is 31.9 Å². The first-order valence-electron chi connectivity index (χ1n) is 13.0. The first-order chi connectivity index (χ1) is 19.7. The van der Waals surface area contributed by atoms with E-state index in [4.69, 9.17) is 0 Å². The molecular formula is C37H27FeNP2. The second kappa shape index (κ2) is 15.5. The summed E-state index contributed by atoms with van der Waals surface area (Å²) in [6, 6.07) is 32.7. The Morgan fingerprint density at radius 3 is 1.88 bits per heavy atom. The van der Waals surface area contributed by atoms with Gasteiger partial charge in [0.1, 0.15) is 0 Å². The number of rotatable bonds is 8. The zero-order valence-electron chi connectivity index (χ0n) is 22.8. The quantitative estimate of drug-likeness (QED) is 0.112. The Labute approximate surface area is 257 Å². The predicted molar refractivity (Wildman–Crippen MR) is 170 cm³/mol. The minimum absolute atomic E-state index is 0. The number of likely N-dealkylation sites (N-methyl/N-ethyl adjacent to an activating group) is 1. The summed E-state index contributed by atoms with van der Waals surface area (Å²) in [6.45, 7) is 2.29. The molecule has 1 nitrogen and oxygen atoms in total. The molecule has 0 fully saturated rings. The van der Waals surface area contributed by atoms with Crippen molar-refractivity contribution in [2.75, 3.05) is 7.05 Å². The SMILES string of the molecule is C[C@H](C1=C=C=C=C1P(C1=C[CH]C=C[CH-]1)c1ccccc1)N(C)P(c1ccccc1)c1ccccc1.[C]1=C=C=C=[C-]1.[Fe+2]. The molecule has 0 spiro atoms. The molecule has 3 aromatic rings. The van der Waals surface area contributed by atoms with E-state index < -0.39 is 16.0 Å². The van der Waals surface area contributed by atoms with Crippen molar-refractivity contribution in [3.63, 3.8) is 0 Å². The fraction of sp³-hybridized carbons (Fsp3) is 0.0811. The van der Waals surface area contributed by atoms with Crippen LogP contribution in [0.4, 0.5) is 0 Å². The summed E-state index contributed by atoms with van der Waals surface area (Å²) in [5.74, 6) is 0. The van der Waals surface area contributed by atoms with Gasteiger partial charge in [-0.2, -0.15) is 24.6 Å². The molecule has 0 bridgehead atoms. The van der Waals surface area contributed by atoms with Crippen LogP contribution in [0.2, 0.25) is 0 Å². The van der Waals surface area contributed by atoms with Gasteiger partial charge < -0.3 is 0 Å². The molecule has 0 amide bonds. The molecule has 2 atom stereocenters. The van der Waals surface area contributed by atoms with Gasteiger partial charge in [0.25, 0.3) is 0 Å². The van der Waals surface area contributed by atoms with Crippen molar-refractivity contribution in [1.29, 1.82) is 0 Å². The number of hydrogen-bond donors (Lipinski definition) is 0. The molecule has 0 heterocycles. The molecule has 1 unspecified atom stereocenters. The van der Waals surface area contributed by atoms with Crippen LogP contribution < -0.4 is 15.9 Å². The van der Waals surface area contributed by atoms with E-state index in [1.54, 1.807) is 0 Å². The molecule has 0 aliphatic heterocycles. The van der Waals surface area contributed by atoms with E-state index in [9.17, 15) is 0 Å². The smallest absolute Gasteiger partial charge is 0.288 e. The van der Waals surface area contributed by atoms with Crippen LogP contribution in [0.25, 0.3) is 0 Å². The summed E-state index contributed by atoms with van der Waals surface area (Å²) < 4.78 is 2.51. The van der Waals surface area contributed by atoms with E-state index in [2.05, 4.69) is 187 Å². The predicted octanol–water partition coefficient (Wildman–Crippen LogP) is 7.38. The van der Waals surface area contributed by atoms with Crippen molar-refractivity contribution in [3.05, 3.63) is 185 Å². The van der Waals surface area contributed by atoms with Crippen LogP contribution in [0.3, 0.4) is 0 Å². The Morgan fingerprint density at radius 2 is 1.39 bits per heavy atom. The second-order valence-electron chi connectivity index (χ2n) is 9.00. The maximum Gasteiger partial charge on any atom is 2.00 e. The minimum Gasteiger partial charge on any atom is -0.288 e. The fourth-order valence-electron chi connectivity index (χ4n) is 4.49. The van der Waals surface area contributed by atoms with Crippen molar-refractivity contribution in [2.24, 2.45) is 0 Å².